The monoisotopic (exact) mass is 398 g/mol. The Morgan fingerprint density at radius 3 is 2.82 bits per heavy atom. The quantitative estimate of drug-likeness (QED) is 0.627. The highest BCUT2D eigenvalue weighted by Gasteiger charge is 2.43. The summed E-state index contributed by atoms with van der Waals surface area (Å²) < 4.78 is 14.8. The summed E-state index contributed by atoms with van der Waals surface area (Å²) in [6, 6.07) is 13.2. The molecule has 2 aromatic carbocycles. The molecule has 0 aliphatic heterocycles. The van der Waals surface area contributed by atoms with Gasteiger partial charge in [-0.25, -0.2) is 9.37 Å². The number of nitrogens with zero attached hydrogens (tertiary/aromatic N) is 2. The second-order valence-electron chi connectivity index (χ2n) is 8.30. The average molecular weight is 399 g/mol. The van der Waals surface area contributed by atoms with E-state index >= 15 is 0 Å². The van der Waals surface area contributed by atoms with Gasteiger partial charge in [0.2, 0.25) is 0 Å². The molecule has 3 nitrogen and oxygen atoms in total. The van der Waals surface area contributed by atoms with Gasteiger partial charge in [-0.3, -0.25) is 0 Å². The molecule has 1 N–H and O–H groups in total. The van der Waals surface area contributed by atoms with Crippen LogP contribution in [0.1, 0.15) is 43.7 Å². The molecule has 0 saturated heterocycles. The molecule has 5 heteroatoms. The number of halogens is 1. The smallest absolute Gasteiger partial charge is 0.186 e. The first-order valence-electron chi connectivity index (χ1n) is 9.95. The highest BCUT2D eigenvalue weighted by Crippen LogP contribution is 2.46. The van der Waals surface area contributed by atoms with Crippen molar-refractivity contribution in [3.8, 4) is 0 Å². The molecule has 0 bridgehead atoms. The highest BCUT2D eigenvalue weighted by atomic mass is 32.1. The molecule has 0 fully saturated rings. The van der Waals surface area contributed by atoms with Gasteiger partial charge in [0.15, 0.2) is 5.13 Å². The SMILES string of the molecule is CC(C)[C@H]1c2ccc(F)cc2CC[C@]1(O)CCN(C)c1nc2ccccc2s1. The number of aromatic nitrogens is 1. The van der Waals surface area contributed by atoms with Crippen molar-refractivity contribution in [1.29, 1.82) is 0 Å². The molecule has 2 atom stereocenters. The second-order valence-corrected chi connectivity index (χ2v) is 9.31. The molecule has 148 valence electrons. The van der Waals surface area contributed by atoms with Gasteiger partial charge in [0, 0.05) is 19.5 Å². The van der Waals surface area contributed by atoms with E-state index in [1.165, 1.54) is 10.8 Å². The number of hydrogen-bond donors (Lipinski definition) is 1. The van der Waals surface area contributed by atoms with Gasteiger partial charge in [-0.2, -0.15) is 0 Å². The van der Waals surface area contributed by atoms with Gasteiger partial charge < -0.3 is 10.0 Å². The first kappa shape index (κ1) is 19.3. The Hall–Kier alpha value is -1.98. The zero-order valence-electron chi connectivity index (χ0n) is 16.7. The number of para-hydroxylation sites is 1. The third-order valence-electron chi connectivity index (χ3n) is 6.00. The van der Waals surface area contributed by atoms with Crippen molar-refractivity contribution >= 4 is 26.7 Å². The third-order valence-corrected chi connectivity index (χ3v) is 7.15. The fraction of sp³-hybridized carbons (Fsp3) is 0.435. The van der Waals surface area contributed by atoms with Gasteiger partial charge in [0.05, 0.1) is 15.8 Å². The molecule has 1 aromatic heterocycles. The lowest BCUT2D eigenvalue weighted by Gasteiger charge is -2.44. The fourth-order valence-corrected chi connectivity index (χ4v) is 5.58. The standard InChI is InChI=1S/C23H27FN2OS/c1-15(2)21-18-9-8-17(24)14-16(18)10-11-23(21,27)12-13-26(3)22-25-19-6-4-5-7-20(19)28-22/h4-9,14-15,21,27H,10-13H2,1-3H3/t21-,23-/m0/s1. The topological polar surface area (TPSA) is 36.4 Å². The summed E-state index contributed by atoms with van der Waals surface area (Å²) in [5.74, 6) is 0.102. The second kappa shape index (κ2) is 7.45. The number of aryl methyl sites for hydroxylation is 1. The summed E-state index contributed by atoms with van der Waals surface area (Å²) in [5, 5.41) is 12.6. The molecule has 0 spiro atoms. The van der Waals surface area contributed by atoms with Crippen LogP contribution in [0.25, 0.3) is 10.2 Å². The zero-order valence-corrected chi connectivity index (χ0v) is 17.5. The minimum Gasteiger partial charge on any atom is -0.389 e. The van der Waals surface area contributed by atoms with E-state index in [0.29, 0.717) is 12.8 Å². The van der Waals surface area contributed by atoms with Gasteiger partial charge in [0.25, 0.3) is 0 Å². The number of fused-ring (bicyclic) bond motifs is 2. The van der Waals surface area contributed by atoms with E-state index in [2.05, 4.69) is 24.8 Å². The van der Waals surface area contributed by atoms with Crippen molar-refractivity contribution in [3.05, 3.63) is 59.4 Å². The van der Waals surface area contributed by atoms with Gasteiger partial charge >= 0.3 is 0 Å². The summed E-state index contributed by atoms with van der Waals surface area (Å²) in [6.45, 7) is 5.02. The van der Waals surface area contributed by atoms with Gasteiger partial charge in [0.1, 0.15) is 5.82 Å². The average Bonchev–Trinajstić information content (AvgIpc) is 3.10. The summed E-state index contributed by atoms with van der Waals surface area (Å²) >= 11 is 1.68. The molecular formula is C23H27FN2OS. The lowest BCUT2D eigenvalue weighted by molar-refractivity contribution is -0.0227. The molecule has 0 radical (unpaired) electrons. The van der Waals surface area contributed by atoms with Crippen molar-refractivity contribution in [1.82, 2.24) is 4.98 Å². The van der Waals surface area contributed by atoms with Crippen LogP contribution in [0.4, 0.5) is 9.52 Å². The molecule has 0 amide bonds. The Morgan fingerprint density at radius 1 is 1.29 bits per heavy atom. The van der Waals surface area contributed by atoms with Crippen LogP contribution in [0, 0.1) is 11.7 Å². The van der Waals surface area contributed by atoms with Crippen LogP contribution >= 0.6 is 11.3 Å². The number of aliphatic hydroxyl groups is 1. The van der Waals surface area contributed by atoms with E-state index in [9.17, 15) is 9.50 Å². The van der Waals surface area contributed by atoms with E-state index in [1.54, 1.807) is 17.4 Å². The minimum absolute atomic E-state index is 0.0145. The lowest BCUT2D eigenvalue weighted by Crippen LogP contribution is -2.45. The first-order valence-corrected chi connectivity index (χ1v) is 10.8. The van der Waals surface area contributed by atoms with Crippen molar-refractivity contribution in [2.45, 2.75) is 44.6 Å². The van der Waals surface area contributed by atoms with Gasteiger partial charge in [-0.05, 0) is 60.6 Å². The molecule has 3 aromatic rings. The molecule has 4 rings (SSSR count). The van der Waals surface area contributed by atoms with Gasteiger partial charge in [-0.1, -0.05) is 43.4 Å². The number of anilines is 1. The number of thiazole rings is 1. The maximum atomic E-state index is 13.7. The van der Waals surface area contributed by atoms with Crippen LogP contribution in [-0.2, 0) is 6.42 Å². The summed E-state index contributed by atoms with van der Waals surface area (Å²) in [7, 11) is 2.04. The molecule has 0 saturated carbocycles. The maximum absolute atomic E-state index is 13.7. The van der Waals surface area contributed by atoms with Crippen LogP contribution in [-0.4, -0.2) is 29.3 Å². The summed E-state index contributed by atoms with van der Waals surface area (Å²) in [5.41, 5.74) is 2.38. The number of hydrogen-bond acceptors (Lipinski definition) is 4. The highest BCUT2D eigenvalue weighted by molar-refractivity contribution is 7.22. The molecule has 1 aliphatic carbocycles. The Balaban J connectivity index is 1.54. The summed E-state index contributed by atoms with van der Waals surface area (Å²) in [4.78, 5) is 6.86. The Morgan fingerprint density at radius 2 is 2.07 bits per heavy atom. The molecule has 1 heterocycles. The zero-order chi connectivity index (χ0) is 19.9. The van der Waals surface area contributed by atoms with Crippen LogP contribution < -0.4 is 4.90 Å². The predicted molar refractivity (Wildman–Crippen MR) is 115 cm³/mol. The van der Waals surface area contributed by atoms with Crippen molar-refractivity contribution < 1.29 is 9.50 Å². The van der Waals surface area contributed by atoms with E-state index in [4.69, 9.17) is 4.98 Å². The lowest BCUT2D eigenvalue weighted by atomic mass is 9.66. The number of benzene rings is 2. The van der Waals surface area contributed by atoms with Crippen LogP contribution in [0.5, 0.6) is 0 Å². The van der Waals surface area contributed by atoms with Crippen molar-refractivity contribution in [2.24, 2.45) is 5.92 Å². The van der Waals surface area contributed by atoms with E-state index in [1.807, 2.05) is 31.3 Å². The van der Waals surface area contributed by atoms with Crippen LogP contribution in [0.2, 0.25) is 0 Å². The number of rotatable bonds is 5. The Kier molecular flexibility index (Phi) is 5.15. The molecule has 28 heavy (non-hydrogen) atoms. The molecule has 1 aliphatic rings. The molecular weight excluding hydrogens is 371 g/mol. The Bertz CT molecular complexity index is 953. The van der Waals surface area contributed by atoms with E-state index in [-0.39, 0.29) is 17.7 Å². The molecule has 0 unspecified atom stereocenters. The minimum atomic E-state index is -0.788. The largest absolute Gasteiger partial charge is 0.389 e. The third kappa shape index (κ3) is 3.53. The maximum Gasteiger partial charge on any atom is 0.186 e. The fourth-order valence-electron chi connectivity index (χ4n) is 4.63. The van der Waals surface area contributed by atoms with Crippen LogP contribution in [0.15, 0.2) is 42.5 Å². The summed E-state index contributed by atoms with van der Waals surface area (Å²) in [6.07, 6.45) is 2.05. The van der Waals surface area contributed by atoms with E-state index in [0.717, 1.165) is 34.7 Å². The van der Waals surface area contributed by atoms with Crippen molar-refractivity contribution in [2.75, 3.05) is 18.5 Å². The normalized spacial score (nSPS) is 21.9. The predicted octanol–water partition coefficient (Wildman–Crippen LogP) is 5.38. The van der Waals surface area contributed by atoms with E-state index < -0.39 is 5.60 Å². The van der Waals surface area contributed by atoms with Gasteiger partial charge in [-0.15, -0.1) is 0 Å². The van der Waals surface area contributed by atoms with Crippen LogP contribution in [0.3, 0.4) is 0 Å². The van der Waals surface area contributed by atoms with Crippen molar-refractivity contribution in [3.63, 3.8) is 0 Å². The Labute approximate surface area is 169 Å². The first-order chi connectivity index (χ1) is 13.4.